The summed E-state index contributed by atoms with van der Waals surface area (Å²) in [6.07, 6.45) is -0.0514. The molecule has 10 heteroatoms. The van der Waals surface area contributed by atoms with Gasteiger partial charge in [0.15, 0.2) is 0 Å². The van der Waals surface area contributed by atoms with Crippen molar-refractivity contribution in [2.75, 3.05) is 18.6 Å². The number of imide groups is 1. The maximum Gasteiger partial charge on any atom is 0.415 e. The second-order valence-electron chi connectivity index (χ2n) is 8.14. The van der Waals surface area contributed by atoms with Crippen LogP contribution in [0.15, 0.2) is 36.4 Å². The van der Waals surface area contributed by atoms with Gasteiger partial charge in [0, 0.05) is 6.54 Å². The second kappa shape index (κ2) is 7.67. The largest absolute Gasteiger partial charge is 0.497 e. The van der Waals surface area contributed by atoms with Crippen LogP contribution in [0.1, 0.15) is 17.5 Å². The van der Waals surface area contributed by atoms with Crippen molar-refractivity contribution in [2.24, 2.45) is 0 Å². The van der Waals surface area contributed by atoms with Crippen molar-refractivity contribution in [1.29, 1.82) is 5.26 Å². The van der Waals surface area contributed by atoms with Gasteiger partial charge in [-0.3, -0.25) is 4.79 Å². The van der Waals surface area contributed by atoms with Gasteiger partial charge in [-0.15, -0.1) is 0 Å². The van der Waals surface area contributed by atoms with Crippen molar-refractivity contribution >= 4 is 35.3 Å². The molecular formula is C23H19ClN4O5. The van der Waals surface area contributed by atoms with Crippen molar-refractivity contribution in [3.8, 4) is 17.6 Å². The van der Waals surface area contributed by atoms with Crippen LogP contribution in [0.4, 0.5) is 15.3 Å². The fourth-order valence-electron chi connectivity index (χ4n) is 4.90. The first-order chi connectivity index (χ1) is 15.8. The molecule has 0 saturated carbocycles. The molecule has 3 fully saturated rings. The standard InChI is InChI=1S/C23H19ClN4O5/c1-12-17(8-3-13(10-25)19(12)24)28-21(29)20-18-9-14(27(20)22(28)30)11-26(18)23(31)33-16-6-4-15(32-2)5-7-16/h3-8,14,18,20H,9,11H2,1-2H3/t14-,18?,20?/m1/s1. The number of rotatable bonds is 3. The lowest BCUT2D eigenvalue weighted by molar-refractivity contribution is -0.121. The topological polar surface area (TPSA) is 103 Å². The molecule has 2 unspecified atom stereocenters. The first-order valence-electron chi connectivity index (χ1n) is 10.3. The molecule has 9 nitrogen and oxygen atoms in total. The molecule has 0 spiro atoms. The zero-order valence-electron chi connectivity index (χ0n) is 17.8. The van der Waals surface area contributed by atoms with E-state index in [1.165, 1.54) is 11.0 Å². The van der Waals surface area contributed by atoms with Gasteiger partial charge >= 0.3 is 12.1 Å². The zero-order valence-corrected chi connectivity index (χ0v) is 18.6. The van der Waals surface area contributed by atoms with Crippen LogP contribution in [0.25, 0.3) is 0 Å². The number of carbonyl (C=O) groups excluding carboxylic acids is 3. The molecule has 4 amide bonds. The third-order valence-electron chi connectivity index (χ3n) is 6.48. The van der Waals surface area contributed by atoms with Crippen molar-refractivity contribution in [3.05, 3.63) is 52.5 Å². The van der Waals surface area contributed by atoms with E-state index >= 15 is 0 Å². The molecule has 0 aliphatic carbocycles. The minimum absolute atomic E-state index is 0.204. The van der Waals surface area contributed by atoms with Gasteiger partial charge in [-0.05, 0) is 55.3 Å². The van der Waals surface area contributed by atoms with Crippen LogP contribution in [0.3, 0.4) is 0 Å². The summed E-state index contributed by atoms with van der Waals surface area (Å²) >= 11 is 6.26. The second-order valence-corrected chi connectivity index (χ2v) is 8.52. The lowest BCUT2D eigenvalue weighted by atomic mass is 10.1. The molecule has 3 atom stereocenters. The van der Waals surface area contributed by atoms with Gasteiger partial charge in [0.1, 0.15) is 23.6 Å². The van der Waals surface area contributed by atoms with Gasteiger partial charge in [0.05, 0.1) is 35.5 Å². The number of nitrogens with zero attached hydrogens (tertiary/aromatic N) is 4. The van der Waals surface area contributed by atoms with E-state index in [1.54, 1.807) is 49.3 Å². The predicted octanol–water partition coefficient (Wildman–Crippen LogP) is 3.32. The van der Waals surface area contributed by atoms with E-state index < -0.39 is 30.1 Å². The summed E-state index contributed by atoms with van der Waals surface area (Å²) in [4.78, 5) is 43.6. The number of likely N-dealkylation sites (tertiary alicyclic amines) is 1. The van der Waals surface area contributed by atoms with E-state index in [0.29, 0.717) is 29.2 Å². The first-order valence-corrected chi connectivity index (χ1v) is 10.7. The van der Waals surface area contributed by atoms with Crippen LogP contribution < -0.4 is 14.4 Å². The normalized spacial score (nSPS) is 23.1. The Balaban J connectivity index is 1.38. The number of fused-ring (bicyclic) bond motifs is 5. The summed E-state index contributed by atoms with van der Waals surface area (Å²) in [6.45, 7) is 1.95. The van der Waals surface area contributed by atoms with Crippen LogP contribution in [-0.2, 0) is 4.79 Å². The Labute approximate surface area is 194 Å². The van der Waals surface area contributed by atoms with Crippen LogP contribution >= 0.6 is 11.6 Å². The molecule has 0 aromatic heterocycles. The third-order valence-corrected chi connectivity index (χ3v) is 6.97. The van der Waals surface area contributed by atoms with Gasteiger partial charge in [0.2, 0.25) is 0 Å². The van der Waals surface area contributed by atoms with Crippen LogP contribution in [0.5, 0.6) is 11.5 Å². The predicted molar refractivity (Wildman–Crippen MR) is 117 cm³/mol. The average Bonchev–Trinajstić information content (AvgIpc) is 3.48. The Hall–Kier alpha value is -3.77. The Morgan fingerprint density at radius 1 is 1.15 bits per heavy atom. The Kier molecular flexibility index (Phi) is 4.91. The maximum atomic E-state index is 13.4. The SMILES string of the molecule is COc1ccc(OC(=O)N2C[C@H]3CC2C2C(=O)N(c4ccc(C#N)c(Cl)c4C)C(=O)N23)cc1. The molecule has 2 aromatic rings. The van der Waals surface area contributed by atoms with E-state index in [-0.39, 0.29) is 23.2 Å². The molecule has 3 saturated heterocycles. The number of hydrogen-bond donors (Lipinski definition) is 0. The summed E-state index contributed by atoms with van der Waals surface area (Å²) in [7, 11) is 1.55. The maximum absolute atomic E-state index is 13.4. The van der Waals surface area contributed by atoms with Crippen molar-refractivity contribution < 1.29 is 23.9 Å². The zero-order chi connectivity index (χ0) is 23.4. The monoisotopic (exact) mass is 466 g/mol. The fraction of sp³-hybridized carbons (Fsp3) is 0.304. The highest BCUT2D eigenvalue weighted by Crippen LogP contribution is 2.43. The lowest BCUT2D eigenvalue weighted by Crippen LogP contribution is -2.55. The van der Waals surface area contributed by atoms with Crippen LogP contribution in [-0.4, -0.2) is 59.6 Å². The third kappa shape index (κ3) is 3.09. The quantitative estimate of drug-likeness (QED) is 0.643. The highest BCUT2D eigenvalue weighted by atomic mass is 35.5. The smallest absolute Gasteiger partial charge is 0.415 e. The highest BCUT2D eigenvalue weighted by Gasteiger charge is 2.63. The van der Waals surface area contributed by atoms with Crippen LogP contribution in [0.2, 0.25) is 5.02 Å². The molecule has 168 valence electrons. The summed E-state index contributed by atoms with van der Waals surface area (Å²) in [5.41, 5.74) is 1.09. The van der Waals surface area contributed by atoms with Gasteiger partial charge in [0.25, 0.3) is 5.91 Å². The molecular weight excluding hydrogens is 448 g/mol. The van der Waals surface area contributed by atoms with Crippen molar-refractivity contribution in [3.63, 3.8) is 0 Å². The van der Waals surface area contributed by atoms with E-state index in [9.17, 15) is 19.6 Å². The molecule has 3 aliphatic heterocycles. The van der Waals surface area contributed by atoms with E-state index in [1.807, 2.05) is 6.07 Å². The van der Waals surface area contributed by atoms with Gasteiger partial charge in [-0.2, -0.15) is 5.26 Å². The first kappa shape index (κ1) is 21.1. The molecule has 3 heterocycles. The van der Waals surface area contributed by atoms with Gasteiger partial charge < -0.3 is 19.3 Å². The van der Waals surface area contributed by atoms with E-state index in [0.717, 1.165) is 4.90 Å². The van der Waals surface area contributed by atoms with Crippen LogP contribution in [0, 0.1) is 18.3 Å². The molecule has 2 bridgehead atoms. The number of halogens is 1. The van der Waals surface area contributed by atoms with E-state index in [2.05, 4.69) is 0 Å². The number of benzene rings is 2. The number of hydrogen-bond acceptors (Lipinski definition) is 6. The molecule has 5 rings (SSSR count). The minimum Gasteiger partial charge on any atom is -0.497 e. The number of nitriles is 1. The number of anilines is 1. The number of urea groups is 1. The number of ether oxygens (including phenoxy) is 2. The fourth-order valence-corrected chi connectivity index (χ4v) is 5.10. The van der Waals surface area contributed by atoms with Gasteiger partial charge in [-0.1, -0.05) is 11.6 Å². The highest BCUT2D eigenvalue weighted by molar-refractivity contribution is 6.33. The Morgan fingerprint density at radius 3 is 2.52 bits per heavy atom. The minimum atomic E-state index is -0.784. The average molecular weight is 467 g/mol. The van der Waals surface area contributed by atoms with E-state index in [4.69, 9.17) is 21.1 Å². The number of piperazine rings is 1. The number of methoxy groups -OCH3 is 1. The van der Waals surface area contributed by atoms with Crippen molar-refractivity contribution in [1.82, 2.24) is 9.80 Å². The lowest BCUT2D eigenvalue weighted by Gasteiger charge is -2.34. The summed E-state index contributed by atoms with van der Waals surface area (Å²) in [5.74, 6) is 0.580. The molecule has 0 N–H and O–H groups in total. The Bertz CT molecular complexity index is 1220. The Morgan fingerprint density at radius 2 is 1.85 bits per heavy atom. The summed E-state index contributed by atoms with van der Waals surface area (Å²) < 4.78 is 10.6. The molecule has 3 aliphatic rings. The summed E-state index contributed by atoms with van der Waals surface area (Å²) in [6, 6.07) is 9.67. The molecule has 33 heavy (non-hydrogen) atoms. The van der Waals surface area contributed by atoms with Crippen molar-refractivity contribution in [2.45, 2.75) is 31.5 Å². The van der Waals surface area contributed by atoms with Gasteiger partial charge in [-0.25, -0.2) is 14.5 Å². The molecule has 2 aromatic carbocycles. The molecule has 0 radical (unpaired) electrons. The number of amides is 4. The summed E-state index contributed by atoms with van der Waals surface area (Å²) in [5, 5.41) is 9.38. The number of carbonyl (C=O) groups is 3.